The molecule has 0 aliphatic carbocycles. The summed E-state index contributed by atoms with van der Waals surface area (Å²) < 4.78 is 24.2. The summed E-state index contributed by atoms with van der Waals surface area (Å²) in [5.41, 5.74) is -1.07. The van der Waals surface area contributed by atoms with Crippen molar-refractivity contribution in [1.29, 1.82) is 5.41 Å². The van der Waals surface area contributed by atoms with Gasteiger partial charge in [-0.25, -0.2) is 13.6 Å². The summed E-state index contributed by atoms with van der Waals surface area (Å²) in [7, 11) is 0. The van der Waals surface area contributed by atoms with Crippen LogP contribution in [0, 0.1) is 5.41 Å². The summed E-state index contributed by atoms with van der Waals surface area (Å²) >= 11 is 0. The Morgan fingerprint density at radius 3 is 2.41 bits per heavy atom. The fourth-order valence-electron chi connectivity index (χ4n) is 1.05. The van der Waals surface area contributed by atoms with Crippen molar-refractivity contribution in [3.05, 3.63) is 42.1 Å². The molecule has 3 N–H and O–H groups in total. The van der Waals surface area contributed by atoms with E-state index in [9.17, 15) is 13.6 Å². The van der Waals surface area contributed by atoms with Gasteiger partial charge in [0.25, 0.3) is 6.43 Å². The van der Waals surface area contributed by atoms with Crippen LogP contribution in [0.15, 0.2) is 42.1 Å². The van der Waals surface area contributed by atoms with Crippen molar-refractivity contribution >= 4 is 17.4 Å². The van der Waals surface area contributed by atoms with Gasteiger partial charge in [0.2, 0.25) is 0 Å². The maximum Gasteiger partial charge on any atom is 0.352 e. The van der Waals surface area contributed by atoms with Crippen molar-refractivity contribution < 1.29 is 18.7 Å². The molecule has 17 heavy (non-hydrogen) atoms. The zero-order chi connectivity index (χ0) is 12.8. The maximum atomic E-state index is 12.1. The van der Waals surface area contributed by atoms with Gasteiger partial charge < -0.3 is 10.4 Å². The fraction of sp³-hybridized carbons (Fsp3) is 0.0909. The van der Waals surface area contributed by atoms with E-state index >= 15 is 0 Å². The highest BCUT2D eigenvalue weighted by atomic mass is 19.3. The third-order valence-corrected chi connectivity index (χ3v) is 1.82. The molecule has 1 aromatic carbocycles. The number of nitrogens with one attached hydrogen (secondary N) is 2. The first-order valence-corrected chi connectivity index (χ1v) is 4.64. The molecule has 0 fully saturated rings. The van der Waals surface area contributed by atoms with E-state index < -0.39 is 23.8 Å². The zero-order valence-electron chi connectivity index (χ0n) is 8.65. The molecule has 1 rings (SSSR count). The molecule has 1 aromatic rings. The molecule has 0 aromatic heterocycles. The molecule has 0 saturated heterocycles. The predicted octanol–water partition coefficient (Wildman–Crippen LogP) is 2.35. The Bertz CT molecular complexity index is 444. The highest BCUT2D eigenvalue weighted by Gasteiger charge is 2.13. The molecule has 0 atom stereocenters. The van der Waals surface area contributed by atoms with Crippen LogP contribution in [0.3, 0.4) is 0 Å². The first kappa shape index (κ1) is 12.8. The minimum absolute atomic E-state index is 0.447. The van der Waals surface area contributed by atoms with Crippen LogP contribution in [0.25, 0.3) is 0 Å². The van der Waals surface area contributed by atoms with E-state index in [1.165, 1.54) is 0 Å². The third-order valence-electron chi connectivity index (χ3n) is 1.82. The lowest BCUT2D eigenvalue weighted by atomic mass is 10.2. The normalized spacial score (nSPS) is 11.4. The van der Waals surface area contributed by atoms with Crippen LogP contribution in [-0.2, 0) is 4.79 Å². The average Bonchev–Trinajstić information content (AvgIpc) is 2.29. The summed E-state index contributed by atoms with van der Waals surface area (Å²) in [4.78, 5) is 10.8. The van der Waals surface area contributed by atoms with Gasteiger partial charge in [-0.15, -0.1) is 0 Å². The molecule has 6 heteroatoms. The molecular weight excluding hydrogens is 230 g/mol. The van der Waals surface area contributed by atoms with Crippen molar-refractivity contribution in [3.8, 4) is 0 Å². The van der Waals surface area contributed by atoms with E-state index in [-0.39, 0.29) is 0 Å². The topological polar surface area (TPSA) is 73.2 Å². The number of allylic oxidation sites excluding steroid dienone is 1. The molecule has 0 aliphatic rings. The Morgan fingerprint density at radius 1 is 1.35 bits per heavy atom. The van der Waals surface area contributed by atoms with Gasteiger partial charge in [-0.2, -0.15) is 0 Å². The summed E-state index contributed by atoms with van der Waals surface area (Å²) in [6.45, 7) is 0. The average molecular weight is 240 g/mol. The second-order valence-electron chi connectivity index (χ2n) is 3.11. The van der Waals surface area contributed by atoms with Crippen LogP contribution in [0.4, 0.5) is 14.5 Å². The predicted molar refractivity (Wildman–Crippen MR) is 59.5 cm³/mol. The number of hydrogen-bond donors (Lipinski definition) is 3. The van der Waals surface area contributed by atoms with Gasteiger partial charge in [-0.05, 0) is 18.2 Å². The van der Waals surface area contributed by atoms with Crippen molar-refractivity contribution in [3.63, 3.8) is 0 Å². The lowest BCUT2D eigenvalue weighted by Gasteiger charge is -2.07. The number of benzene rings is 1. The van der Waals surface area contributed by atoms with Gasteiger partial charge in [-0.3, -0.25) is 5.41 Å². The minimum atomic E-state index is -3.00. The molecule has 0 amide bonds. The van der Waals surface area contributed by atoms with Gasteiger partial charge in [-0.1, -0.05) is 18.2 Å². The van der Waals surface area contributed by atoms with Gasteiger partial charge in [0.05, 0.1) is 5.71 Å². The van der Waals surface area contributed by atoms with E-state index in [2.05, 4.69) is 5.32 Å². The summed E-state index contributed by atoms with van der Waals surface area (Å²) in [6.07, 6.45) is -2.40. The van der Waals surface area contributed by atoms with E-state index in [1.807, 2.05) is 0 Å². The molecule has 0 radical (unpaired) electrons. The van der Waals surface area contributed by atoms with Gasteiger partial charge in [0.15, 0.2) is 0 Å². The van der Waals surface area contributed by atoms with E-state index in [0.29, 0.717) is 11.8 Å². The second-order valence-corrected chi connectivity index (χ2v) is 3.11. The van der Waals surface area contributed by atoms with Gasteiger partial charge in [0.1, 0.15) is 5.70 Å². The summed E-state index contributed by atoms with van der Waals surface area (Å²) in [5, 5.41) is 18.1. The van der Waals surface area contributed by atoms with Crippen molar-refractivity contribution in [1.82, 2.24) is 0 Å². The first-order chi connectivity index (χ1) is 8.00. The molecule has 0 bridgehead atoms. The van der Waals surface area contributed by atoms with Crippen LogP contribution in [0.1, 0.15) is 0 Å². The van der Waals surface area contributed by atoms with Crippen LogP contribution >= 0.6 is 0 Å². The smallest absolute Gasteiger partial charge is 0.352 e. The quantitative estimate of drug-likeness (QED) is 0.546. The number of aliphatic carboxylic acids is 1. The fourth-order valence-corrected chi connectivity index (χ4v) is 1.05. The van der Waals surface area contributed by atoms with Crippen molar-refractivity contribution in [2.45, 2.75) is 6.43 Å². The molecule has 0 saturated carbocycles. The summed E-state index contributed by atoms with van der Waals surface area (Å²) in [5.74, 6) is -1.40. The molecule has 0 aliphatic heterocycles. The largest absolute Gasteiger partial charge is 0.477 e. The summed E-state index contributed by atoms with van der Waals surface area (Å²) in [6, 6.07) is 8.24. The Labute approximate surface area is 96.1 Å². The number of hydrogen-bond acceptors (Lipinski definition) is 3. The van der Waals surface area contributed by atoms with E-state index in [4.69, 9.17) is 10.5 Å². The second kappa shape index (κ2) is 5.74. The number of para-hydroxylation sites is 1. The molecule has 0 heterocycles. The number of rotatable bonds is 5. The van der Waals surface area contributed by atoms with E-state index in [1.54, 1.807) is 30.3 Å². The minimum Gasteiger partial charge on any atom is -0.477 e. The van der Waals surface area contributed by atoms with Crippen molar-refractivity contribution in [2.24, 2.45) is 0 Å². The number of carbonyl (C=O) groups is 1. The van der Waals surface area contributed by atoms with Crippen LogP contribution in [0.5, 0.6) is 0 Å². The molecule has 0 spiro atoms. The van der Waals surface area contributed by atoms with Gasteiger partial charge >= 0.3 is 5.97 Å². The Balaban J connectivity index is 2.88. The molecule has 90 valence electrons. The van der Waals surface area contributed by atoms with Crippen LogP contribution in [0.2, 0.25) is 0 Å². The van der Waals surface area contributed by atoms with Crippen LogP contribution < -0.4 is 5.32 Å². The molecular formula is C11H10F2N2O2. The number of anilines is 1. The number of alkyl halides is 2. The maximum absolute atomic E-state index is 12.1. The zero-order valence-corrected chi connectivity index (χ0v) is 8.65. The SMILES string of the molecule is N=C(/C=C(\Nc1ccccc1)C(=O)O)C(F)F. The van der Waals surface area contributed by atoms with Crippen molar-refractivity contribution in [2.75, 3.05) is 5.32 Å². The van der Waals surface area contributed by atoms with Crippen LogP contribution in [-0.4, -0.2) is 23.2 Å². The standard InChI is InChI=1S/C11H10F2N2O2/c12-10(13)8(14)6-9(11(16)17)15-7-4-2-1-3-5-7/h1-6,10,14-15H,(H,16,17)/b9-6-,14-8?. The molecule has 0 unspecified atom stereocenters. The Morgan fingerprint density at radius 2 is 1.94 bits per heavy atom. The van der Waals surface area contributed by atoms with E-state index in [0.717, 1.165) is 0 Å². The monoisotopic (exact) mass is 240 g/mol. The first-order valence-electron chi connectivity index (χ1n) is 4.64. The lowest BCUT2D eigenvalue weighted by Crippen LogP contribution is -2.15. The number of carboxylic acids is 1. The number of halogens is 2. The Kier molecular flexibility index (Phi) is 4.33. The van der Waals surface area contributed by atoms with Gasteiger partial charge in [0, 0.05) is 5.69 Å². The highest BCUT2D eigenvalue weighted by molar-refractivity contribution is 6.03. The number of carboxylic acid groups (broad SMARTS) is 1. The Hall–Kier alpha value is -2.24. The molecule has 4 nitrogen and oxygen atoms in total. The third kappa shape index (κ3) is 4.02. The lowest BCUT2D eigenvalue weighted by molar-refractivity contribution is -0.132. The highest BCUT2D eigenvalue weighted by Crippen LogP contribution is 2.10.